The van der Waals surface area contributed by atoms with E-state index in [0.29, 0.717) is 64.2 Å². The maximum absolute atomic E-state index is 15.7. The quantitative estimate of drug-likeness (QED) is 0.0222. The van der Waals surface area contributed by atoms with Crippen LogP contribution < -0.4 is 0 Å². The van der Waals surface area contributed by atoms with Gasteiger partial charge < -0.3 is 43.7 Å². The van der Waals surface area contributed by atoms with Gasteiger partial charge in [0.15, 0.2) is 59.8 Å². The number of ketones is 4. The summed E-state index contributed by atoms with van der Waals surface area (Å²) in [5.41, 5.74) is 0. The molecule has 0 aliphatic heterocycles. The van der Waals surface area contributed by atoms with Crippen molar-refractivity contribution in [1.29, 1.82) is 0 Å². The molecular formula is C102H186O16. The Bertz CT molecular complexity index is 2390. The van der Waals surface area contributed by atoms with Gasteiger partial charge in [-0.25, -0.2) is 0 Å². The van der Waals surface area contributed by atoms with Crippen molar-refractivity contribution in [3.05, 3.63) is 36.5 Å². The molecule has 0 heterocycles. The van der Waals surface area contributed by atoms with E-state index in [4.69, 9.17) is 28.4 Å². The fraction of sp³-hybridized carbons (Fsp3) is 0.873. The zero-order chi connectivity index (χ0) is 86.5. The van der Waals surface area contributed by atoms with Crippen LogP contribution in [0.4, 0.5) is 0 Å². The standard InChI is InChI=1S/C102H186O16/c1-8-15-22-28-33-37-40-43-46-49-52-56-60-65-71-78-88(106)99(92(84-103)114-96(110)82-76-69-63-55-36-31-25-18-11-4)113-87-95(117-100(93(85-104)115-97(111)83-75-68-59-32-26-19-12-5)89(107)79-72-66-61-57-53-50-47-44-41-38-34-29-23-16-9-2)102(91(109)77-70-21-14-7)118-101(94(86-105)116-98(112)81-74-64-27-20-13-6)90(108)80-73-67-62-58-54-51-48-45-42-39-35-30-24-17-10-3/h43-48,92-95,99-105H,8-42,49-87H2,1-7H3. The first-order chi connectivity index (χ1) is 57.8. The lowest BCUT2D eigenvalue weighted by atomic mass is 9.98. The Kier molecular flexibility index (Phi) is 85.0. The first kappa shape index (κ1) is 114. The van der Waals surface area contributed by atoms with Gasteiger partial charge in [0.05, 0.1) is 26.4 Å². The summed E-state index contributed by atoms with van der Waals surface area (Å²) in [4.78, 5) is 104. The molecule has 0 saturated carbocycles. The number of allylic oxidation sites excluding steroid dienone is 6. The first-order valence-electron chi connectivity index (χ1n) is 50.2. The Labute approximate surface area is 724 Å². The highest BCUT2D eigenvalue weighted by Gasteiger charge is 2.44. The van der Waals surface area contributed by atoms with Crippen molar-refractivity contribution in [3.8, 4) is 0 Å². The van der Waals surface area contributed by atoms with E-state index < -0.39 is 116 Å². The summed E-state index contributed by atoms with van der Waals surface area (Å²) in [5.74, 6) is -4.04. The number of aliphatic hydroxyl groups excluding tert-OH is 3. The van der Waals surface area contributed by atoms with E-state index in [1.54, 1.807) is 0 Å². The van der Waals surface area contributed by atoms with Crippen molar-refractivity contribution in [2.45, 2.75) is 547 Å². The largest absolute Gasteiger partial charge is 0.457 e. The Hall–Kier alpha value is -3.93. The van der Waals surface area contributed by atoms with E-state index in [0.717, 1.165) is 199 Å². The number of ether oxygens (including phenoxy) is 6. The predicted octanol–water partition coefficient (Wildman–Crippen LogP) is 27.0. The van der Waals surface area contributed by atoms with Crippen LogP contribution in [-0.4, -0.2) is 132 Å². The van der Waals surface area contributed by atoms with Crippen molar-refractivity contribution >= 4 is 41.0 Å². The summed E-state index contributed by atoms with van der Waals surface area (Å²) in [6.45, 7) is 11.9. The SMILES string of the molecule is CCCCCCCCC=CCCCCCCCC(=O)C(OCC(OC(C(=O)CCCCCCCC=CCCCCCCCC)C(CO)OC(=O)CCCCCCCCC)C(OC(C(=O)CCCCCCCC=CCCCCCCCC)C(CO)OC(=O)CCCCCCC)C(=O)CCCCC)C(CO)OC(=O)CCCCCCCCCCC. The summed E-state index contributed by atoms with van der Waals surface area (Å²) in [6.07, 6.45) is 62.6. The topological polar surface area (TPSA) is 236 Å². The van der Waals surface area contributed by atoms with Gasteiger partial charge in [-0.15, -0.1) is 0 Å². The van der Waals surface area contributed by atoms with E-state index in [1.165, 1.54) is 141 Å². The predicted molar refractivity (Wildman–Crippen MR) is 488 cm³/mol. The van der Waals surface area contributed by atoms with Gasteiger partial charge in [-0.3, -0.25) is 33.6 Å². The highest BCUT2D eigenvalue weighted by molar-refractivity contribution is 5.88. The second kappa shape index (κ2) is 88.0. The van der Waals surface area contributed by atoms with Gasteiger partial charge in [0.25, 0.3) is 0 Å². The molecule has 3 N–H and O–H groups in total. The smallest absolute Gasteiger partial charge is 0.306 e. The lowest BCUT2D eigenvalue weighted by Crippen LogP contribution is -2.54. The molecule has 0 spiro atoms. The molecule has 0 amide bonds. The van der Waals surface area contributed by atoms with Crippen LogP contribution >= 0.6 is 0 Å². The minimum atomic E-state index is -1.84. The van der Waals surface area contributed by atoms with Crippen LogP contribution in [0.25, 0.3) is 0 Å². The molecule has 0 saturated heterocycles. The number of hydrogen-bond donors (Lipinski definition) is 3. The summed E-state index contributed by atoms with van der Waals surface area (Å²) < 4.78 is 39.0. The van der Waals surface area contributed by atoms with E-state index in [9.17, 15) is 29.7 Å². The highest BCUT2D eigenvalue weighted by Crippen LogP contribution is 2.27. The number of esters is 3. The average Bonchev–Trinajstić information content (AvgIpc) is 0.818. The van der Waals surface area contributed by atoms with Crippen LogP contribution in [0.3, 0.4) is 0 Å². The number of carbonyl (C=O) groups excluding carboxylic acids is 7. The van der Waals surface area contributed by atoms with Gasteiger partial charge in [0, 0.05) is 44.9 Å². The van der Waals surface area contributed by atoms with Crippen LogP contribution in [0.5, 0.6) is 0 Å². The highest BCUT2D eigenvalue weighted by atomic mass is 16.6. The molecule has 0 aliphatic carbocycles. The van der Waals surface area contributed by atoms with Crippen molar-refractivity contribution in [2.75, 3.05) is 26.4 Å². The summed E-state index contributed by atoms with van der Waals surface area (Å²) >= 11 is 0. The van der Waals surface area contributed by atoms with Gasteiger partial charge >= 0.3 is 17.9 Å². The summed E-state index contributed by atoms with van der Waals surface area (Å²) in [6, 6.07) is 0. The molecular weight excluding hydrogens is 1480 g/mol. The van der Waals surface area contributed by atoms with Gasteiger partial charge in [0.1, 0.15) is 12.2 Å². The molecule has 16 nitrogen and oxygen atoms in total. The molecule has 8 unspecified atom stereocenters. The minimum Gasteiger partial charge on any atom is -0.457 e. The fourth-order valence-electron chi connectivity index (χ4n) is 15.4. The maximum Gasteiger partial charge on any atom is 0.306 e. The Morgan fingerprint density at radius 3 is 0.636 bits per heavy atom. The molecule has 0 aromatic carbocycles. The van der Waals surface area contributed by atoms with Gasteiger partial charge in [-0.05, 0) is 122 Å². The van der Waals surface area contributed by atoms with E-state index >= 15 is 19.2 Å². The van der Waals surface area contributed by atoms with Crippen LogP contribution in [-0.2, 0) is 62.0 Å². The summed E-state index contributed by atoms with van der Waals surface area (Å²) in [7, 11) is 0. The first-order valence-corrected chi connectivity index (χ1v) is 50.2. The van der Waals surface area contributed by atoms with Crippen molar-refractivity contribution < 1.29 is 77.3 Å². The lowest BCUT2D eigenvalue weighted by Gasteiger charge is -2.36. The lowest BCUT2D eigenvalue weighted by molar-refractivity contribution is -0.206. The van der Waals surface area contributed by atoms with Gasteiger partial charge in [-0.1, -0.05) is 367 Å². The van der Waals surface area contributed by atoms with Crippen molar-refractivity contribution in [2.24, 2.45) is 0 Å². The molecule has 0 bridgehead atoms. The molecule has 0 fully saturated rings. The van der Waals surface area contributed by atoms with Crippen LogP contribution in [0.15, 0.2) is 36.5 Å². The Morgan fingerprint density at radius 2 is 0.390 bits per heavy atom. The molecule has 690 valence electrons. The number of carbonyl (C=O) groups is 7. The molecule has 0 aliphatic rings. The number of rotatable bonds is 94. The maximum atomic E-state index is 15.7. The van der Waals surface area contributed by atoms with E-state index in [1.807, 2.05) is 6.92 Å². The van der Waals surface area contributed by atoms with Crippen molar-refractivity contribution in [1.82, 2.24) is 0 Å². The molecule has 0 rings (SSSR count). The molecule has 118 heavy (non-hydrogen) atoms. The van der Waals surface area contributed by atoms with Crippen LogP contribution in [0.1, 0.15) is 498 Å². The average molecular weight is 1670 g/mol. The Morgan fingerprint density at radius 1 is 0.212 bits per heavy atom. The number of hydrogen-bond acceptors (Lipinski definition) is 16. The Balaban J connectivity index is 8.19. The zero-order valence-electron chi connectivity index (χ0n) is 77.6. The molecule has 0 radical (unpaired) electrons. The third-order valence-corrected chi connectivity index (χ3v) is 23.1. The number of Topliss-reactive ketones (excluding diaryl/α,β-unsaturated/α-hetero) is 4. The van der Waals surface area contributed by atoms with Crippen LogP contribution in [0.2, 0.25) is 0 Å². The van der Waals surface area contributed by atoms with Gasteiger partial charge in [-0.2, -0.15) is 0 Å². The number of unbranched alkanes of at least 4 members (excludes halogenated alkanes) is 53. The van der Waals surface area contributed by atoms with E-state index in [2.05, 4.69) is 78.0 Å². The second-order valence-electron chi connectivity index (χ2n) is 34.4. The minimum absolute atomic E-state index is 0.00893. The van der Waals surface area contributed by atoms with Crippen LogP contribution in [0, 0.1) is 0 Å². The van der Waals surface area contributed by atoms with Crippen molar-refractivity contribution in [3.63, 3.8) is 0 Å². The monoisotopic (exact) mass is 1670 g/mol. The molecule has 16 heteroatoms. The summed E-state index contributed by atoms with van der Waals surface area (Å²) in [5, 5.41) is 34.3. The second-order valence-corrected chi connectivity index (χ2v) is 34.4. The third-order valence-electron chi connectivity index (χ3n) is 23.1. The normalized spacial score (nSPS) is 13.9. The molecule has 8 atom stereocenters. The van der Waals surface area contributed by atoms with Gasteiger partial charge in [0.2, 0.25) is 0 Å². The molecule has 0 aromatic rings. The van der Waals surface area contributed by atoms with E-state index in [-0.39, 0.29) is 44.9 Å². The number of aliphatic hydroxyl groups is 3. The third kappa shape index (κ3) is 68.5. The zero-order valence-corrected chi connectivity index (χ0v) is 77.6. The molecule has 0 aromatic heterocycles. The fourth-order valence-corrected chi connectivity index (χ4v) is 15.4.